The van der Waals surface area contributed by atoms with Crippen LogP contribution in [0.2, 0.25) is 0 Å². The Morgan fingerprint density at radius 2 is 2.00 bits per heavy atom. The second-order valence-corrected chi connectivity index (χ2v) is 4.60. The van der Waals surface area contributed by atoms with Crippen LogP contribution in [0.5, 0.6) is 0 Å². The molecule has 0 aromatic carbocycles. The van der Waals surface area contributed by atoms with E-state index >= 15 is 0 Å². The average molecular weight is 324 g/mol. The number of halogens is 4. The Bertz CT molecular complexity index is 576. The highest BCUT2D eigenvalue weighted by Crippen LogP contribution is 2.16. The van der Waals surface area contributed by atoms with E-state index in [4.69, 9.17) is 0 Å². The first-order valence-corrected chi connectivity index (χ1v) is 6.12. The Labute approximate surface area is 126 Å². The van der Waals surface area contributed by atoms with Gasteiger partial charge < -0.3 is 5.32 Å². The van der Waals surface area contributed by atoms with Gasteiger partial charge in [0.25, 0.3) is 0 Å². The van der Waals surface area contributed by atoms with Gasteiger partial charge in [0, 0.05) is 37.6 Å². The second kappa shape index (κ2) is 6.95. The molecule has 9 heteroatoms. The van der Waals surface area contributed by atoms with Gasteiger partial charge in [0.15, 0.2) is 0 Å². The number of hydrogen-bond acceptors (Lipinski definition) is 3. The van der Waals surface area contributed by atoms with Gasteiger partial charge in [-0.2, -0.15) is 23.4 Å². The van der Waals surface area contributed by atoms with Crippen molar-refractivity contribution in [2.45, 2.75) is 32.7 Å². The average Bonchev–Trinajstić information content (AvgIpc) is 2.88. The van der Waals surface area contributed by atoms with Crippen molar-refractivity contribution < 1.29 is 13.2 Å². The van der Waals surface area contributed by atoms with Crippen molar-refractivity contribution in [3.8, 4) is 0 Å². The van der Waals surface area contributed by atoms with Crippen LogP contribution < -0.4 is 5.32 Å². The molecule has 0 aliphatic rings. The van der Waals surface area contributed by atoms with Crippen LogP contribution >= 0.6 is 12.4 Å². The molecule has 0 aliphatic heterocycles. The van der Waals surface area contributed by atoms with Crippen molar-refractivity contribution in [2.24, 2.45) is 7.05 Å². The van der Waals surface area contributed by atoms with Crippen LogP contribution in [0.4, 0.5) is 13.2 Å². The van der Waals surface area contributed by atoms with Crippen molar-refractivity contribution >= 4 is 12.4 Å². The van der Waals surface area contributed by atoms with Crippen molar-refractivity contribution in [1.29, 1.82) is 0 Å². The van der Waals surface area contributed by atoms with Gasteiger partial charge in [-0.1, -0.05) is 0 Å². The van der Waals surface area contributed by atoms with Gasteiger partial charge in [0.05, 0.1) is 11.9 Å². The van der Waals surface area contributed by atoms with E-state index in [1.165, 1.54) is 6.20 Å². The second-order valence-electron chi connectivity index (χ2n) is 4.60. The highest BCUT2D eigenvalue weighted by Gasteiger charge is 2.28. The third-order valence-electron chi connectivity index (χ3n) is 3.00. The summed E-state index contributed by atoms with van der Waals surface area (Å²) in [5.74, 6) is 0. The molecule has 5 nitrogen and oxygen atoms in total. The lowest BCUT2D eigenvalue weighted by Crippen LogP contribution is -2.19. The molecule has 0 bridgehead atoms. The summed E-state index contributed by atoms with van der Waals surface area (Å²) in [5, 5.41) is 11.1. The maximum absolute atomic E-state index is 12.2. The Kier molecular flexibility index (Phi) is 5.79. The number of aromatic nitrogens is 4. The minimum absolute atomic E-state index is 0. The van der Waals surface area contributed by atoms with Gasteiger partial charge >= 0.3 is 6.18 Å². The monoisotopic (exact) mass is 323 g/mol. The topological polar surface area (TPSA) is 47.7 Å². The highest BCUT2D eigenvalue weighted by atomic mass is 35.5. The molecule has 2 heterocycles. The van der Waals surface area contributed by atoms with Crippen LogP contribution in [-0.4, -0.2) is 25.7 Å². The van der Waals surface area contributed by atoms with E-state index in [9.17, 15) is 13.2 Å². The summed E-state index contributed by atoms with van der Waals surface area (Å²) >= 11 is 0. The molecule has 2 rings (SSSR count). The maximum atomic E-state index is 12.2. The van der Waals surface area contributed by atoms with Crippen molar-refractivity contribution in [1.82, 2.24) is 24.9 Å². The van der Waals surface area contributed by atoms with Crippen LogP contribution in [0.25, 0.3) is 0 Å². The number of rotatable bonds is 5. The van der Waals surface area contributed by atoms with Gasteiger partial charge in [0.1, 0.15) is 6.54 Å². The van der Waals surface area contributed by atoms with Gasteiger partial charge in [0.2, 0.25) is 0 Å². The summed E-state index contributed by atoms with van der Waals surface area (Å²) in [6.07, 6.45) is -1.14. The lowest BCUT2D eigenvalue weighted by Gasteiger charge is -2.05. The Balaban J connectivity index is 0.00000220. The largest absolute Gasteiger partial charge is 0.408 e. The zero-order chi connectivity index (χ0) is 14.8. The van der Waals surface area contributed by atoms with Crippen molar-refractivity contribution in [3.05, 3.63) is 35.4 Å². The van der Waals surface area contributed by atoms with Crippen molar-refractivity contribution in [3.63, 3.8) is 0 Å². The molecule has 2 aromatic heterocycles. The van der Waals surface area contributed by atoms with Gasteiger partial charge in [-0.15, -0.1) is 12.4 Å². The fourth-order valence-corrected chi connectivity index (χ4v) is 1.81. The molecule has 0 fully saturated rings. The van der Waals surface area contributed by atoms with Crippen LogP contribution in [0, 0.1) is 6.92 Å². The molecular formula is C12H17ClF3N5. The van der Waals surface area contributed by atoms with Crippen LogP contribution in [-0.2, 0) is 26.7 Å². The van der Waals surface area contributed by atoms with Crippen LogP contribution in [0.3, 0.4) is 0 Å². The third-order valence-corrected chi connectivity index (χ3v) is 3.00. The lowest BCUT2D eigenvalue weighted by molar-refractivity contribution is -0.142. The van der Waals surface area contributed by atoms with E-state index in [1.807, 2.05) is 14.0 Å². The molecule has 2 aromatic rings. The molecule has 0 aliphatic carbocycles. The Hall–Kier alpha value is -1.54. The smallest absolute Gasteiger partial charge is 0.307 e. The summed E-state index contributed by atoms with van der Waals surface area (Å²) in [7, 11) is 1.86. The SMILES string of the molecule is Cc1c(CNCc2ccn(CC(F)(F)F)n2)cnn1C.Cl. The minimum Gasteiger partial charge on any atom is -0.307 e. The Morgan fingerprint density at radius 3 is 2.57 bits per heavy atom. The van der Waals surface area contributed by atoms with Gasteiger partial charge in [-0.05, 0) is 13.0 Å². The first-order chi connectivity index (χ1) is 9.35. The van der Waals surface area contributed by atoms with Crippen LogP contribution in [0.15, 0.2) is 18.5 Å². The molecule has 1 N–H and O–H groups in total. The summed E-state index contributed by atoms with van der Waals surface area (Å²) < 4.78 is 39.2. The molecule has 0 saturated carbocycles. The lowest BCUT2D eigenvalue weighted by atomic mass is 10.2. The van der Waals surface area contributed by atoms with E-state index in [0.717, 1.165) is 15.9 Å². The molecule has 0 unspecified atom stereocenters. The number of nitrogens with zero attached hydrogens (tertiary/aromatic N) is 4. The summed E-state index contributed by atoms with van der Waals surface area (Å²) in [6.45, 7) is 1.92. The first-order valence-electron chi connectivity index (χ1n) is 6.12. The summed E-state index contributed by atoms with van der Waals surface area (Å²) in [4.78, 5) is 0. The number of nitrogens with one attached hydrogen (secondary N) is 1. The fraction of sp³-hybridized carbons (Fsp3) is 0.500. The predicted molar refractivity (Wildman–Crippen MR) is 74.0 cm³/mol. The molecule has 0 atom stereocenters. The highest BCUT2D eigenvalue weighted by molar-refractivity contribution is 5.85. The molecule has 0 amide bonds. The first kappa shape index (κ1) is 17.5. The third kappa shape index (κ3) is 5.05. The quantitative estimate of drug-likeness (QED) is 0.917. The molecular weight excluding hydrogens is 307 g/mol. The normalized spacial score (nSPS) is 11.5. The summed E-state index contributed by atoms with van der Waals surface area (Å²) in [6, 6.07) is 1.58. The van der Waals surface area contributed by atoms with E-state index in [1.54, 1.807) is 16.9 Å². The molecule has 0 spiro atoms. The molecule has 21 heavy (non-hydrogen) atoms. The zero-order valence-electron chi connectivity index (χ0n) is 11.7. The van der Waals surface area contributed by atoms with Crippen LogP contribution in [0.1, 0.15) is 17.0 Å². The number of alkyl halides is 3. The van der Waals surface area contributed by atoms with E-state index in [0.29, 0.717) is 18.8 Å². The maximum Gasteiger partial charge on any atom is 0.408 e. The predicted octanol–water partition coefficient (Wildman–Crippen LogP) is 2.20. The zero-order valence-corrected chi connectivity index (χ0v) is 12.5. The van der Waals surface area contributed by atoms with Crippen molar-refractivity contribution in [2.75, 3.05) is 0 Å². The minimum atomic E-state index is -4.25. The summed E-state index contributed by atoms with van der Waals surface area (Å²) in [5.41, 5.74) is 2.69. The fourth-order valence-electron chi connectivity index (χ4n) is 1.81. The van der Waals surface area contributed by atoms with E-state index < -0.39 is 12.7 Å². The van der Waals surface area contributed by atoms with E-state index in [-0.39, 0.29) is 12.4 Å². The van der Waals surface area contributed by atoms with Gasteiger partial charge in [-0.3, -0.25) is 9.36 Å². The molecule has 0 saturated heterocycles. The number of aryl methyl sites for hydroxylation is 1. The number of hydrogen-bond donors (Lipinski definition) is 1. The van der Waals surface area contributed by atoms with E-state index in [2.05, 4.69) is 15.5 Å². The Morgan fingerprint density at radius 1 is 1.29 bits per heavy atom. The molecule has 0 radical (unpaired) electrons. The van der Waals surface area contributed by atoms with Gasteiger partial charge in [-0.25, -0.2) is 0 Å². The standard InChI is InChI=1S/C12H16F3N5.ClH/c1-9-10(6-17-19(9)2)5-16-7-11-3-4-20(18-11)8-12(13,14)15;/h3-4,6,16H,5,7-8H2,1-2H3;1H. The molecule has 118 valence electrons.